The minimum atomic E-state index is -5.08. The van der Waals surface area contributed by atoms with E-state index >= 15 is 0 Å². The van der Waals surface area contributed by atoms with E-state index in [0.717, 1.165) is 38.2 Å². The van der Waals surface area contributed by atoms with E-state index in [4.69, 9.17) is 14.6 Å². The average molecular weight is 488 g/mol. The standard InChI is InChI=1S/C19H23N3O3S.C2HF3O2/c23-26(24)18-7-2-1-6-17(18)25-15-19(14-21-26)8-11-22(12-9-19)13-16-5-3-4-10-20-16;3-2(4,5)1(6)7/h1-7,10,21H,8-9,11-15H2;(H,6,7). The molecule has 0 amide bonds. The zero-order valence-electron chi connectivity index (χ0n) is 17.6. The molecule has 2 aliphatic rings. The Labute approximate surface area is 189 Å². The number of nitrogens with one attached hydrogen (secondary N) is 1. The summed E-state index contributed by atoms with van der Waals surface area (Å²) >= 11 is 0. The number of alkyl halides is 3. The normalized spacial score (nSPS) is 19.7. The first-order valence-corrected chi connectivity index (χ1v) is 11.6. The molecule has 3 heterocycles. The van der Waals surface area contributed by atoms with Crippen molar-refractivity contribution >= 4 is 16.0 Å². The summed E-state index contributed by atoms with van der Waals surface area (Å²) < 4.78 is 65.6. The summed E-state index contributed by atoms with van der Waals surface area (Å²) in [7, 11) is -3.54. The number of pyridine rings is 1. The molecule has 1 aromatic carbocycles. The molecule has 8 nitrogen and oxygen atoms in total. The molecule has 1 fully saturated rings. The number of nitrogens with zero attached hydrogens (tertiary/aromatic N) is 2. The van der Waals surface area contributed by atoms with Crippen LogP contribution in [0, 0.1) is 5.41 Å². The van der Waals surface area contributed by atoms with Crippen LogP contribution in [0.15, 0.2) is 53.6 Å². The lowest BCUT2D eigenvalue weighted by Gasteiger charge is -2.42. The fourth-order valence-corrected chi connectivity index (χ4v) is 4.93. The maximum atomic E-state index is 12.6. The predicted octanol–water partition coefficient (Wildman–Crippen LogP) is 2.67. The van der Waals surface area contributed by atoms with Crippen molar-refractivity contribution in [3.63, 3.8) is 0 Å². The van der Waals surface area contributed by atoms with Gasteiger partial charge in [0.15, 0.2) is 0 Å². The van der Waals surface area contributed by atoms with Gasteiger partial charge in [0.2, 0.25) is 10.0 Å². The average Bonchev–Trinajstić information content (AvgIpc) is 2.78. The minimum absolute atomic E-state index is 0.165. The molecule has 1 saturated heterocycles. The zero-order valence-corrected chi connectivity index (χ0v) is 18.4. The third kappa shape index (κ3) is 6.65. The lowest BCUT2D eigenvalue weighted by atomic mass is 9.79. The summed E-state index contributed by atoms with van der Waals surface area (Å²) in [5.41, 5.74) is 0.897. The van der Waals surface area contributed by atoms with Gasteiger partial charge in [-0.25, -0.2) is 17.9 Å². The van der Waals surface area contributed by atoms with Crippen molar-refractivity contribution in [2.24, 2.45) is 5.41 Å². The highest BCUT2D eigenvalue weighted by molar-refractivity contribution is 7.89. The van der Waals surface area contributed by atoms with Crippen molar-refractivity contribution in [1.82, 2.24) is 14.6 Å². The largest absolute Gasteiger partial charge is 0.492 e. The van der Waals surface area contributed by atoms with E-state index in [2.05, 4.69) is 14.6 Å². The number of para-hydroxylation sites is 1. The molecule has 0 bridgehead atoms. The minimum Gasteiger partial charge on any atom is -0.492 e. The van der Waals surface area contributed by atoms with E-state index in [1.165, 1.54) is 0 Å². The van der Waals surface area contributed by atoms with Crippen molar-refractivity contribution in [3.05, 3.63) is 54.4 Å². The molecular formula is C21H24F3N3O5S. The van der Waals surface area contributed by atoms with E-state index in [9.17, 15) is 21.6 Å². The summed E-state index contributed by atoms with van der Waals surface area (Å²) in [6, 6.07) is 12.8. The highest BCUT2D eigenvalue weighted by Gasteiger charge is 2.39. The number of ether oxygens (including phenoxy) is 1. The molecule has 180 valence electrons. The van der Waals surface area contributed by atoms with Crippen LogP contribution in [-0.4, -0.2) is 61.8 Å². The zero-order chi connectivity index (χ0) is 24.1. The molecule has 0 saturated carbocycles. The van der Waals surface area contributed by atoms with E-state index in [0.29, 0.717) is 18.9 Å². The fourth-order valence-electron chi connectivity index (χ4n) is 3.63. The van der Waals surface area contributed by atoms with Crippen LogP contribution >= 0.6 is 0 Å². The number of piperidine rings is 1. The van der Waals surface area contributed by atoms with Gasteiger partial charge in [-0.05, 0) is 50.2 Å². The summed E-state index contributed by atoms with van der Waals surface area (Å²) in [6.45, 7) is 3.59. The van der Waals surface area contributed by atoms with Crippen molar-refractivity contribution in [1.29, 1.82) is 0 Å². The molecule has 1 spiro atoms. The van der Waals surface area contributed by atoms with Gasteiger partial charge in [0.25, 0.3) is 0 Å². The second-order valence-corrected chi connectivity index (χ2v) is 9.70. The fraction of sp³-hybridized carbons (Fsp3) is 0.429. The van der Waals surface area contributed by atoms with Crippen LogP contribution in [0.2, 0.25) is 0 Å². The molecule has 0 radical (unpaired) electrons. The van der Waals surface area contributed by atoms with Gasteiger partial charge in [-0.15, -0.1) is 0 Å². The quantitative estimate of drug-likeness (QED) is 0.671. The van der Waals surface area contributed by atoms with Crippen LogP contribution in [0.1, 0.15) is 18.5 Å². The van der Waals surface area contributed by atoms with Gasteiger partial charge in [0.1, 0.15) is 10.6 Å². The van der Waals surface area contributed by atoms with Gasteiger partial charge in [-0.1, -0.05) is 18.2 Å². The molecule has 2 aliphatic heterocycles. The van der Waals surface area contributed by atoms with Crippen LogP contribution in [0.5, 0.6) is 5.75 Å². The number of likely N-dealkylation sites (tertiary alicyclic amines) is 1. The second-order valence-electron chi connectivity index (χ2n) is 7.96. The smallest absolute Gasteiger partial charge is 0.490 e. The first-order chi connectivity index (χ1) is 15.5. The first-order valence-electron chi connectivity index (χ1n) is 10.1. The molecule has 0 aliphatic carbocycles. The molecular weight excluding hydrogens is 463 g/mol. The van der Waals surface area contributed by atoms with Gasteiger partial charge in [-0.2, -0.15) is 13.2 Å². The number of benzene rings is 1. The topological polar surface area (TPSA) is 109 Å². The van der Waals surface area contributed by atoms with Crippen LogP contribution in [-0.2, 0) is 21.4 Å². The number of carbonyl (C=O) groups is 1. The highest BCUT2D eigenvalue weighted by Crippen LogP contribution is 2.36. The molecule has 2 N–H and O–H groups in total. The van der Waals surface area contributed by atoms with Gasteiger partial charge < -0.3 is 9.84 Å². The van der Waals surface area contributed by atoms with Crippen molar-refractivity contribution in [2.75, 3.05) is 26.2 Å². The summed E-state index contributed by atoms with van der Waals surface area (Å²) in [5.74, 6) is -2.32. The highest BCUT2D eigenvalue weighted by atomic mass is 32.2. The Kier molecular flexibility index (Phi) is 7.60. The number of aromatic nitrogens is 1. The number of sulfonamides is 1. The number of halogens is 3. The van der Waals surface area contributed by atoms with Crippen molar-refractivity contribution in [3.8, 4) is 5.75 Å². The molecule has 1 aromatic heterocycles. The van der Waals surface area contributed by atoms with E-state index in [-0.39, 0.29) is 10.3 Å². The van der Waals surface area contributed by atoms with Gasteiger partial charge >= 0.3 is 12.1 Å². The second kappa shape index (κ2) is 10.1. The number of hydrogen-bond donors (Lipinski definition) is 2. The molecule has 2 aromatic rings. The monoisotopic (exact) mass is 487 g/mol. The number of aliphatic carboxylic acids is 1. The first kappa shape index (κ1) is 24.9. The van der Waals surface area contributed by atoms with Crippen molar-refractivity contribution < 1.29 is 36.2 Å². The maximum absolute atomic E-state index is 12.6. The molecule has 12 heteroatoms. The van der Waals surface area contributed by atoms with Crippen LogP contribution in [0.3, 0.4) is 0 Å². The number of carboxylic acids is 1. The van der Waals surface area contributed by atoms with Gasteiger partial charge in [0, 0.05) is 24.7 Å². The number of fused-ring (bicyclic) bond motifs is 1. The van der Waals surface area contributed by atoms with E-state index in [1.807, 2.05) is 24.4 Å². The lowest BCUT2D eigenvalue weighted by Crippen LogP contribution is -2.50. The third-order valence-corrected chi connectivity index (χ3v) is 7.02. The Balaban J connectivity index is 0.000000383. The van der Waals surface area contributed by atoms with Crippen LogP contribution in [0.25, 0.3) is 0 Å². The molecule has 4 rings (SSSR count). The lowest BCUT2D eigenvalue weighted by molar-refractivity contribution is -0.192. The van der Waals surface area contributed by atoms with Crippen LogP contribution in [0.4, 0.5) is 13.2 Å². The third-order valence-electron chi connectivity index (χ3n) is 5.58. The molecule has 0 unspecified atom stereocenters. The molecule has 0 atom stereocenters. The van der Waals surface area contributed by atoms with E-state index < -0.39 is 22.2 Å². The summed E-state index contributed by atoms with van der Waals surface area (Å²) in [4.78, 5) is 15.9. The Bertz CT molecular complexity index is 1060. The van der Waals surface area contributed by atoms with Crippen molar-refractivity contribution in [2.45, 2.75) is 30.5 Å². The maximum Gasteiger partial charge on any atom is 0.490 e. The Morgan fingerprint density at radius 3 is 2.39 bits per heavy atom. The Morgan fingerprint density at radius 2 is 1.79 bits per heavy atom. The predicted molar refractivity (Wildman–Crippen MR) is 112 cm³/mol. The summed E-state index contributed by atoms with van der Waals surface area (Å²) in [5, 5.41) is 7.12. The van der Waals surface area contributed by atoms with E-state index in [1.54, 1.807) is 24.3 Å². The summed E-state index contributed by atoms with van der Waals surface area (Å²) in [6.07, 6.45) is -1.48. The Hall–Kier alpha value is -2.70. The number of carboxylic acid groups (broad SMARTS) is 1. The van der Waals surface area contributed by atoms with Gasteiger partial charge in [-0.3, -0.25) is 9.88 Å². The SMILES string of the molecule is O=C(O)C(F)(F)F.O=S1(=O)NCC2(CCN(Cc3ccccn3)CC2)COc2ccccc21. The van der Waals surface area contributed by atoms with Gasteiger partial charge in [0.05, 0.1) is 12.3 Å². The number of hydrogen-bond acceptors (Lipinski definition) is 6. The number of rotatable bonds is 2. The molecule has 33 heavy (non-hydrogen) atoms. The van der Waals surface area contributed by atoms with Crippen LogP contribution < -0.4 is 9.46 Å². The Morgan fingerprint density at radius 1 is 1.15 bits per heavy atom.